The van der Waals surface area contributed by atoms with Crippen molar-refractivity contribution < 1.29 is 9.90 Å². The number of benzene rings is 1. The topological polar surface area (TPSA) is 40.5 Å². The van der Waals surface area contributed by atoms with Gasteiger partial charge in [0.05, 0.1) is 11.3 Å². The molecule has 1 N–H and O–H groups in total. The van der Waals surface area contributed by atoms with Gasteiger partial charge in [0.25, 0.3) is 0 Å². The number of carbonyl (C=O) groups is 1. The highest BCUT2D eigenvalue weighted by Gasteiger charge is 2.14. The maximum Gasteiger partial charge on any atom is 0.335 e. The van der Waals surface area contributed by atoms with E-state index in [0.29, 0.717) is 5.56 Å². The molecule has 1 heterocycles. The lowest BCUT2D eigenvalue weighted by atomic mass is 10.2. The number of nitrogens with zero attached hydrogens (tertiary/aromatic N) is 1. The van der Waals surface area contributed by atoms with Crippen LogP contribution >= 0.6 is 15.9 Å². The first-order valence-corrected chi connectivity index (χ1v) is 6.75. The smallest absolute Gasteiger partial charge is 0.335 e. The molecule has 1 saturated heterocycles. The quantitative estimate of drug-likeness (QED) is 0.908. The molecule has 0 bridgehead atoms. The Balaban J connectivity index is 2.28. The predicted molar refractivity (Wildman–Crippen MR) is 71.8 cm³/mol. The normalized spacial score (nSPS) is 16.6. The Kier molecular flexibility index (Phi) is 4.05. The summed E-state index contributed by atoms with van der Waals surface area (Å²) < 4.78 is 0.976. The summed E-state index contributed by atoms with van der Waals surface area (Å²) in [5.74, 6) is -0.867. The van der Waals surface area contributed by atoms with E-state index in [9.17, 15) is 4.79 Å². The molecular formula is C13H16BrNO2. The summed E-state index contributed by atoms with van der Waals surface area (Å²) in [5, 5.41) is 9.02. The predicted octanol–water partition coefficient (Wildman–Crippen LogP) is 3.53. The standard InChI is InChI=1S/C13H16BrNO2/c14-11-6-5-10(13(16)17)9-12(11)15-7-3-1-2-4-8-15/h5-6,9H,1-4,7-8H2,(H,16,17). The van der Waals surface area contributed by atoms with Crippen molar-refractivity contribution in [1.29, 1.82) is 0 Å². The summed E-state index contributed by atoms with van der Waals surface area (Å²) in [7, 11) is 0. The van der Waals surface area contributed by atoms with E-state index in [1.54, 1.807) is 12.1 Å². The number of carboxylic acids is 1. The molecule has 0 aromatic heterocycles. The van der Waals surface area contributed by atoms with Gasteiger partial charge >= 0.3 is 5.97 Å². The Hall–Kier alpha value is -1.03. The second-order valence-corrected chi connectivity index (χ2v) is 5.23. The Bertz CT molecular complexity index is 412. The fourth-order valence-corrected chi connectivity index (χ4v) is 2.70. The molecule has 0 saturated carbocycles. The molecule has 4 heteroatoms. The highest BCUT2D eigenvalue weighted by Crippen LogP contribution is 2.29. The minimum absolute atomic E-state index is 0.354. The maximum atomic E-state index is 11.0. The molecule has 0 aliphatic carbocycles. The van der Waals surface area contributed by atoms with Crippen LogP contribution in [0.5, 0.6) is 0 Å². The zero-order chi connectivity index (χ0) is 12.3. The van der Waals surface area contributed by atoms with E-state index in [0.717, 1.165) is 23.2 Å². The largest absolute Gasteiger partial charge is 0.478 e. The van der Waals surface area contributed by atoms with Gasteiger partial charge in [0.1, 0.15) is 0 Å². The molecule has 0 radical (unpaired) electrons. The number of halogens is 1. The van der Waals surface area contributed by atoms with E-state index in [1.165, 1.54) is 25.7 Å². The van der Waals surface area contributed by atoms with Crippen LogP contribution in [0, 0.1) is 0 Å². The Labute approximate surface area is 110 Å². The Morgan fingerprint density at radius 2 is 1.82 bits per heavy atom. The second-order valence-electron chi connectivity index (χ2n) is 4.37. The monoisotopic (exact) mass is 297 g/mol. The first-order chi connectivity index (χ1) is 8.18. The second kappa shape index (κ2) is 5.54. The number of anilines is 1. The van der Waals surface area contributed by atoms with E-state index in [-0.39, 0.29) is 0 Å². The van der Waals surface area contributed by atoms with Crippen LogP contribution in [0.1, 0.15) is 36.0 Å². The molecule has 0 spiro atoms. The lowest BCUT2D eigenvalue weighted by Gasteiger charge is -2.24. The van der Waals surface area contributed by atoms with Gasteiger partial charge < -0.3 is 10.0 Å². The van der Waals surface area contributed by atoms with Crippen LogP contribution in [0.4, 0.5) is 5.69 Å². The minimum Gasteiger partial charge on any atom is -0.478 e. The number of aromatic carboxylic acids is 1. The van der Waals surface area contributed by atoms with E-state index >= 15 is 0 Å². The van der Waals surface area contributed by atoms with Crippen molar-refractivity contribution in [3.05, 3.63) is 28.2 Å². The number of hydrogen-bond donors (Lipinski definition) is 1. The zero-order valence-electron chi connectivity index (χ0n) is 9.66. The molecule has 1 aliphatic heterocycles. The Morgan fingerprint density at radius 3 is 2.41 bits per heavy atom. The number of rotatable bonds is 2. The molecule has 3 nitrogen and oxygen atoms in total. The molecule has 1 fully saturated rings. The van der Waals surface area contributed by atoms with Crippen molar-refractivity contribution >= 4 is 27.6 Å². The van der Waals surface area contributed by atoms with Crippen molar-refractivity contribution in [1.82, 2.24) is 0 Å². The van der Waals surface area contributed by atoms with E-state index in [2.05, 4.69) is 20.8 Å². The minimum atomic E-state index is -0.867. The molecule has 17 heavy (non-hydrogen) atoms. The first-order valence-electron chi connectivity index (χ1n) is 5.96. The fourth-order valence-electron chi connectivity index (χ4n) is 2.20. The maximum absolute atomic E-state index is 11.0. The molecule has 1 aliphatic rings. The van der Waals surface area contributed by atoms with Crippen LogP contribution in [-0.4, -0.2) is 24.2 Å². The first kappa shape index (κ1) is 12.4. The molecule has 2 rings (SSSR count). The van der Waals surface area contributed by atoms with Crippen molar-refractivity contribution in [3.8, 4) is 0 Å². The van der Waals surface area contributed by atoms with Gasteiger partial charge in [-0.05, 0) is 47.0 Å². The fraction of sp³-hybridized carbons (Fsp3) is 0.462. The lowest BCUT2D eigenvalue weighted by Crippen LogP contribution is -2.24. The van der Waals surface area contributed by atoms with Gasteiger partial charge in [0.2, 0.25) is 0 Å². The number of hydrogen-bond acceptors (Lipinski definition) is 2. The van der Waals surface area contributed by atoms with Crippen molar-refractivity contribution in [2.75, 3.05) is 18.0 Å². The van der Waals surface area contributed by atoms with E-state index in [4.69, 9.17) is 5.11 Å². The molecule has 1 aromatic rings. The van der Waals surface area contributed by atoms with Crippen molar-refractivity contribution in [2.24, 2.45) is 0 Å². The van der Waals surface area contributed by atoms with Gasteiger partial charge in [0.15, 0.2) is 0 Å². The summed E-state index contributed by atoms with van der Waals surface area (Å²) in [5.41, 5.74) is 1.36. The Morgan fingerprint density at radius 1 is 1.18 bits per heavy atom. The lowest BCUT2D eigenvalue weighted by molar-refractivity contribution is 0.0697. The van der Waals surface area contributed by atoms with Crippen LogP contribution in [0.3, 0.4) is 0 Å². The third-order valence-corrected chi connectivity index (χ3v) is 3.81. The van der Waals surface area contributed by atoms with Crippen LogP contribution in [0.2, 0.25) is 0 Å². The van der Waals surface area contributed by atoms with Gasteiger partial charge in [-0.15, -0.1) is 0 Å². The molecule has 1 aromatic carbocycles. The highest BCUT2D eigenvalue weighted by molar-refractivity contribution is 9.10. The van der Waals surface area contributed by atoms with Crippen molar-refractivity contribution in [2.45, 2.75) is 25.7 Å². The van der Waals surface area contributed by atoms with Gasteiger partial charge in [-0.3, -0.25) is 0 Å². The molecule has 0 amide bonds. The summed E-state index contributed by atoms with van der Waals surface area (Å²) in [6, 6.07) is 5.22. The average Bonchev–Trinajstić information content (AvgIpc) is 2.58. The van der Waals surface area contributed by atoms with Gasteiger partial charge in [-0.2, -0.15) is 0 Å². The van der Waals surface area contributed by atoms with E-state index in [1.807, 2.05) is 6.07 Å². The third kappa shape index (κ3) is 3.00. The zero-order valence-corrected chi connectivity index (χ0v) is 11.2. The molecular weight excluding hydrogens is 282 g/mol. The van der Waals surface area contributed by atoms with Crippen LogP contribution in [0.25, 0.3) is 0 Å². The van der Waals surface area contributed by atoms with Crippen molar-refractivity contribution in [3.63, 3.8) is 0 Å². The number of carboxylic acid groups (broad SMARTS) is 1. The van der Waals surface area contributed by atoms with Crippen LogP contribution in [-0.2, 0) is 0 Å². The third-order valence-electron chi connectivity index (χ3n) is 3.14. The summed E-state index contributed by atoms with van der Waals surface area (Å²) >= 11 is 3.51. The summed E-state index contributed by atoms with van der Waals surface area (Å²) in [6.45, 7) is 2.03. The van der Waals surface area contributed by atoms with Gasteiger partial charge in [-0.25, -0.2) is 4.79 Å². The summed E-state index contributed by atoms with van der Waals surface area (Å²) in [6.07, 6.45) is 4.91. The molecule has 92 valence electrons. The molecule has 0 unspecified atom stereocenters. The highest BCUT2D eigenvalue weighted by atomic mass is 79.9. The SMILES string of the molecule is O=C(O)c1ccc(Br)c(N2CCCCCC2)c1. The van der Waals surface area contributed by atoms with Gasteiger partial charge in [-0.1, -0.05) is 12.8 Å². The summed E-state index contributed by atoms with van der Waals surface area (Å²) in [4.78, 5) is 13.3. The van der Waals surface area contributed by atoms with Gasteiger partial charge in [0, 0.05) is 17.6 Å². The van der Waals surface area contributed by atoms with Crippen LogP contribution < -0.4 is 4.90 Å². The average molecular weight is 298 g/mol. The molecule has 0 atom stereocenters. The van der Waals surface area contributed by atoms with Crippen LogP contribution in [0.15, 0.2) is 22.7 Å². The van der Waals surface area contributed by atoms with E-state index < -0.39 is 5.97 Å².